The van der Waals surface area contributed by atoms with Crippen LogP contribution in [0.1, 0.15) is 10.4 Å². The molecule has 0 unspecified atom stereocenters. The zero-order valence-electron chi connectivity index (χ0n) is 17.0. The van der Waals surface area contributed by atoms with Crippen LogP contribution in [-0.2, 0) is 10.0 Å². The second-order valence-corrected chi connectivity index (χ2v) is 9.59. The Labute approximate surface area is 193 Å². The van der Waals surface area contributed by atoms with Crippen molar-refractivity contribution in [1.82, 2.24) is 0 Å². The largest absolute Gasteiger partial charge is 0.486 e. The van der Waals surface area contributed by atoms with Gasteiger partial charge in [0.1, 0.15) is 13.2 Å². The monoisotopic (exact) mass is 492 g/mol. The minimum atomic E-state index is -3.88. The predicted octanol–water partition coefficient (Wildman–Crippen LogP) is 4.83. The quantitative estimate of drug-likeness (QED) is 0.459. The Hall–Kier alpha value is -3.31. The Morgan fingerprint density at radius 2 is 1.52 bits per heavy atom. The molecule has 33 heavy (non-hydrogen) atoms. The number of hydrogen-bond acceptors (Lipinski definition) is 6. The van der Waals surface area contributed by atoms with Gasteiger partial charge in [-0.1, -0.05) is 11.8 Å². The number of halogens is 2. The minimum absolute atomic E-state index is 0.0158. The molecule has 0 radical (unpaired) electrons. The maximum Gasteiger partial charge on any atom is 0.288 e. The molecule has 1 aliphatic rings. The van der Waals surface area contributed by atoms with Gasteiger partial charge in [0.2, 0.25) is 0 Å². The van der Waals surface area contributed by atoms with Gasteiger partial charge in [-0.05, 0) is 60.7 Å². The van der Waals surface area contributed by atoms with Crippen LogP contribution in [0.5, 0.6) is 11.5 Å². The topological polar surface area (TPSA) is 93.7 Å². The summed E-state index contributed by atoms with van der Waals surface area (Å²) >= 11 is 0.418. The van der Waals surface area contributed by atoms with E-state index in [4.69, 9.17) is 9.47 Å². The molecule has 0 saturated carbocycles. The van der Waals surface area contributed by atoms with Crippen LogP contribution in [0.2, 0.25) is 0 Å². The van der Waals surface area contributed by atoms with Crippen molar-refractivity contribution in [3.8, 4) is 11.5 Å². The first-order chi connectivity index (χ1) is 15.8. The highest BCUT2D eigenvalue weighted by Gasteiger charge is 2.19. The van der Waals surface area contributed by atoms with Gasteiger partial charge in [-0.2, -0.15) is 8.78 Å². The number of carbonyl (C=O) groups is 1. The van der Waals surface area contributed by atoms with E-state index in [0.29, 0.717) is 52.6 Å². The fraction of sp³-hybridized carbons (Fsp3) is 0.136. The summed E-state index contributed by atoms with van der Waals surface area (Å²) in [7, 11) is -3.88. The fourth-order valence-electron chi connectivity index (χ4n) is 3.02. The van der Waals surface area contributed by atoms with Crippen molar-refractivity contribution in [3.63, 3.8) is 0 Å². The number of alkyl halides is 2. The molecule has 1 aliphatic heterocycles. The molecule has 3 aromatic rings. The average molecular weight is 493 g/mol. The molecule has 172 valence electrons. The molecular formula is C22H18F2N2O5S2. The summed E-state index contributed by atoms with van der Waals surface area (Å²) in [6, 6.07) is 16.2. The Bertz CT molecular complexity index is 1250. The highest BCUT2D eigenvalue weighted by atomic mass is 32.2. The third-order valence-electron chi connectivity index (χ3n) is 4.56. The summed E-state index contributed by atoms with van der Waals surface area (Å²) in [5, 5.41) is 2.66. The lowest BCUT2D eigenvalue weighted by molar-refractivity contribution is 0.102. The Morgan fingerprint density at radius 3 is 2.18 bits per heavy atom. The van der Waals surface area contributed by atoms with Gasteiger partial charge in [0.25, 0.3) is 21.7 Å². The van der Waals surface area contributed by atoms with Gasteiger partial charge in [-0.3, -0.25) is 9.52 Å². The number of benzene rings is 3. The van der Waals surface area contributed by atoms with Crippen molar-refractivity contribution < 1.29 is 31.5 Å². The maximum atomic E-state index is 12.7. The number of nitrogens with one attached hydrogen (secondary N) is 2. The van der Waals surface area contributed by atoms with E-state index in [1.165, 1.54) is 66.7 Å². The van der Waals surface area contributed by atoms with Gasteiger partial charge in [-0.25, -0.2) is 8.42 Å². The molecule has 0 aliphatic carbocycles. The summed E-state index contributed by atoms with van der Waals surface area (Å²) in [5.74, 6) is -2.10. The van der Waals surface area contributed by atoms with E-state index < -0.39 is 21.7 Å². The summed E-state index contributed by atoms with van der Waals surface area (Å²) in [4.78, 5) is 12.8. The molecule has 4 rings (SSSR count). The van der Waals surface area contributed by atoms with E-state index in [0.717, 1.165) is 0 Å². The zero-order valence-corrected chi connectivity index (χ0v) is 18.6. The Morgan fingerprint density at radius 1 is 0.879 bits per heavy atom. The second kappa shape index (κ2) is 9.67. The van der Waals surface area contributed by atoms with Crippen LogP contribution in [-0.4, -0.2) is 33.3 Å². The fourth-order valence-corrected chi connectivity index (χ4v) is 4.59. The number of carbonyl (C=O) groups excluding carboxylic acids is 1. The standard InChI is InChI=1S/C22H18F2N2O5S2/c23-22(24)32-17-7-5-15(6-8-17)25-21(27)14-1-3-16(4-2-14)26-33(28,29)18-9-10-19-20(13-18)31-12-11-30-19/h1-10,13,22,26H,11-12H2,(H,25,27). The van der Waals surface area contributed by atoms with Crippen LogP contribution in [0.15, 0.2) is 76.5 Å². The molecule has 3 aromatic carbocycles. The lowest BCUT2D eigenvalue weighted by atomic mass is 10.2. The van der Waals surface area contributed by atoms with E-state index >= 15 is 0 Å². The summed E-state index contributed by atoms with van der Waals surface area (Å²) in [6.45, 7) is 0.743. The van der Waals surface area contributed by atoms with Crippen molar-refractivity contribution >= 4 is 39.1 Å². The zero-order chi connectivity index (χ0) is 23.4. The molecule has 1 heterocycles. The number of anilines is 2. The predicted molar refractivity (Wildman–Crippen MR) is 121 cm³/mol. The number of amides is 1. The third-order valence-corrected chi connectivity index (χ3v) is 6.66. The second-order valence-electron chi connectivity index (χ2n) is 6.85. The molecule has 2 N–H and O–H groups in total. The molecule has 0 bridgehead atoms. The lowest BCUT2D eigenvalue weighted by Gasteiger charge is -2.19. The molecule has 7 nitrogen and oxygen atoms in total. The van der Waals surface area contributed by atoms with Crippen LogP contribution in [0, 0.1) is 0 Å². The SMILES string of the molecule is O=C(Nc1ccc(SC(F)F)cc1)c1ccc(NS(=O)(=O)c2ccc3c(c2)OCCO3)cc1. The molecule has 0 saturated heterocycles. The molecule has 11 heteroatoms. The van der Waals surface area contributed by atoms with Crippen molar-refractivity contribution in [2.45, 2.75) is 15.5 Å². The van der Waals surface area contributed by atoms with Gasteiger partial charge in [0.05, 0.1) is 4.90 Å². The molecule has 0 atom stereocenters. The number of rotatable bonds is 7. The average Bonchev–Trinajstić information content (AvgIpc) is 2.80. The van der Waals surface area contributed by atoms with Gasteiger partial charge < -0.3 is 14.8 Å². The number of sulfonamides is 1. The number of hydrogen-bond donors (Lipinski definition) is 2. The molecule has 0 spiro atoms. The molecule has 0 fully saturated rings. The van der Waals surface area contributed by atoms with Crippen molar-refractivity contribution in [1.29, 1.82) is 0 Å². The summed E-state index contributed by atoms with van der Waals surface area (Å²) < 4.78 is 63.5. The smallest absolute Gasteiger partial charge is 0.288 e. The van der Waals surface area contributed by atoms with E-state index in [1.807, 2.05) is 0 Å². The van der Waals surface area contributed by atoms with Crippen LogP contribution >= 0.6 is 11.8 Å². The Kier molecular flexibility index (Phi) is 6.70. The minimum Gasteiger partial charge on any atom is -0.486 e. The molecule has 1 amide bonds. The summed E-state index contributed by atoms with van der Waals surface area (Å²) in [5.41, 5.74) is 1.01. The molecular weight excluding hydrogens is 474 g/mol. The van der Waals surface area contributed by atoms with Crippen LogP contribution in [0.3, 0.4) is 0 Å². The Balaban J connectivity index is 1.41. The van der Waals surface area contributed by atoms with Crippen molar-refractivity contribution in [2.75, 3.05) is 23.3 Å². The van der Waals surface area contributed by atoms with Crippen molar-refractivity contribution in [2.24, 2.45) is 0 Å². The third kappa shape index (κ3) is 5.74. The number of ether oxygens (including phenoxy) is 2. The van der Waals surface area contributed by atoms with E-state index in [-0.39, 0.29) is 10.6 Å². The lowest BCUT2D eigenvalue weighted by Crippen LogP contribution is -2.17. The maximum absolute atomic E-state index is 12.7. The highest BCUT2D eigenvalue weighted by molar-refractivity contribution is 7.99. The van der Waals surface area contributed by atoms with E-state index in [2.05, 4.69) is 10.0 Å². The van der Waals surface area contributed by atoms with E-state index in [1.54, 1.807) is 0 Å². The van der Waals surface area contributed by atoms with Crippen LogP contribution in [0.25, 0.3) is 0 Å². The van der Waals surface area contributed by atoms with Gasteiger partial charge >= 0.3 is 0 Å². The van der Waals surface area contributed by atoms with Crippen LogP contribution < -0.4 is 19.5 Å². The van der Waals surface area contributed by atoms with Crippen molar-refractivity contribution in [3.05, 3.63) is 72.3 Å². The van der Waals surface area contributed by atoms with Gasteiger partial charge in [0.15, 0.2) is 11.5 Å². The van der Waals surface area contributed by atoms with Gasteiger partial charge in [-0.15, -0.1) is 0 Å². The summed E-state index contributed by atoms with van der Waals surface area (Å²) in [6.07, 6.45) is 0. The highest BCUT2D eigenvalue weighted by Crippen LogP contribution is 2.33. The first kappa shape index (κ1) is 22.9. The number of fused-ring (bicyclic) bond motifs is 1. The first-order valence-corrected chi connectivity index (χ1v) is 12.1. The number of thioether (sulfide) groups is 1. The normalized spacial score (nSPS) is 12.9. The molecule has 0 aromatic heterocycles. The van der Waals surface area contributed by atoms with Gasteiger partial charge in [0, 0.05) is 27.9 Å². The first-order valence-electron chi connectivity index (χ1n) is 9.69. The van der Waals surface area contributed by atoms with E-state index in [9.17, 15) is 22.0 Å². The van der Waals surface area contributed by atoms with Crippen LogP contribution in [0.4, 0.5) is 20.2 Å².